The summed E-state index contributed by atoms with van der Waals surface area (Å²) in [6, 6.07) is 5.69. The van der Waals surface area contributed by atoms with Crippen molar-refractivity contribution in [3.63, 3.8) is 0 Å². The molecule has 126 valence electrons. The highest BCUT2D eigenvalue weighted by Crippen LogP contribution is 2.27. The van der Waals surface area contributed by atoms with E-state index in [1.54, 1.807) is 25.7 Å². The molecule has 3 aromatic rings. The van der Waals surface area contributed by atoms with E-state index in [0.29, 0.717) is 40.3 Å². The van der Waals surface area contributed by atoms with E-state index in [2.05, 4.69) is 20.6 Å². The van der Waals surface area contributed by atoms with E-state index in [0.717, 1.165) is 5.56 Å². The van der Waals surface area contributed by atoms with Crippen molar-refractivity contribution >= 4 is 22.2 Å². The second kappa shape index (κ2) is 6.83. The molecule has 3 rings (SSSR count). The summed E-state index contributed by atoms with van der Waals surface area (Å²) < 4.78 is 12.0. The Morgan fingerprint density at radius 2 is 2.04 bits per heavy atom. The first-order valence-corrected chi connectivity index (χ1v) is 8.12. The summed E-state index contributed by atoms with van der Waals surface area (Å²) >= 11 is 1.21. The van der Waals surface area contributed by atoms with E-state index >= 15 is 0 Å². The van der Waals surface area contributed by atoms with Gasteiger partial charge in [0, 0.05) is 6.54 Å². The lowest BCUT2D eigenvalue weighted by Crippen LogP contribution is -2.25. The molecular weight excluding hydrogens is 330 g/mol. The van der Waals surface area contributed by atoms with E-state index in [-0.39, 0.29) is 5.91 Å². The summed E-state index contributed by atoms with van der Waals surface area (Å²) in [5.41, 5.74) is 1.04. The lowest BCUT2D eigenvalue weighted by Gasteiger charge is -2.09. The topological polar surface area (TPSA) is 90.6 Å². The average molecular weight is 347 g/mol. The summed E-state index contributed by atoms with van der Waals surface area (Å²) in [6.07, 6.45) is 0.676. The Hall–Kier alpha value is -2.68. The van der Waals surface area contributed by atoms with Crippen molar-refractivity contribution in [2.45, 2.75) is 13.3 Å². The van der Waals surface area contributed by atoms with Crippen LogP contribution in [0.3, 0.4) is 0 Å². The molecule has 8 nitrogen and oxygen atoms in total. The van der Waals surface area contributed by atoms with Crippen LogP contribution < -0.4 is 14.8 Å². The molecule has 1 aromatic carbocycles. The molecule has 2 aromatic heterocycles. The van der Waals surface area contributed by atoms with E-state index in [4.69, 9.17) is 9.47 Å². The van der Waals surface area contributed by atoms with Crippen LogP contribution in [0, 0.1) is 6.92 Å². The molecule has 1 amide bonds. The lowest BCUT2D eigenvalue weighted by atomic mass is 10.1. The molecule has 1 N–H and O–H groups in total. The van der Waals surface area contributed by atoms with Crippen LogP contribution in [-0.4, -0.2) is 46.5 Å². The summed E-state index contributed by atoms with van der Waals surface area (Å²) in [7, 11) is 3.19. The van der Waals surface area contributed by atoms with Crippen LogP contribution in [0.1, 0.15) is 21.2 Å². The fraction of sp³-hybridized carbons (Fsp3) is 0.333. The van der Waals surface area contributed by atoms with E-state index in [9.17, 15) is 4.79 Å². The minimum Gasteiger partial charge on any atom is -0.493 e. The number of fused-ring (bicyclic) bond motifs is 1. The number of hydrogen-bond donors (Lipinski definition) is 1. The summed E-state index contributed by atoms with van der Waals surface area (Å²) in [4.78, 5) is 12.8. The van der Waals surface area contributed by atoms with Gasteiger partial charge in [-0.1, -0.05) is 17.4 Å². The zero-order chi connectivity index (χ0) is 17.1. The van der Waals surface area contributed by atoms with Gasteiger partial charge in [-0.05, 0) is 31.0 Å². The smallest absolute Gasteiger partial charge is 0.282 e. The molecule has 0 fully saturated rings. The number of rotatable bonds is 6. The molecule has 24 heavy (non-hydrogen) atoms. The van der Waals surface area contributed by atoms with Crippen molar-refractivity contribution in [3.8, 4) is 11.5 Å². The lowest BCUT2D eigenvalue weighted by molar-refractivity contribution is 0.0952. The number of aromatic nitrogens is 4. The van der Waals surface area contributed by atoms with E-state index in [1.807, 2.05) is 18.2 Å². The van der Waals surface area contributed by atoms with Gasteiger partial charge in [-0.3, -0.25) is 4.79 Å². The van der Waals surface area contributed by atoms with Gasteiger partial charge in [-0.2, -0.15) is 4.52 Å². The number of methoxy groups -OCH3 is 2. The molecule has 0 aliphatic carbocycles. The molecule has 0 saturated carbocycles. The highest BCUT2D eigenvalue weighted by Gasteiger charge is 2.15. The number of nitrogens with zero attached hydrogens (tertiary/aromatic N) is 4. The molecule has 0 unspecified atom stereocenters. The monoisotopic (exact) mass is 347 g/mol. The molecule has 2 heterocycles. The highest BCUT2D eigenvalue weighted by molar-refractivity contribution is 7.18. The van der Waals surface area contributed by atoms with Crippen molar-refractivity contribution in [1.29, 1.82) is 0 Å². The normalized spacial score (nSPS) is 10.8. The summed E-state index contributed by atoms with van der Waals surface area (Å²) in [5.74, 6) is 1.79. The third kappa shape index (κ3) is 3.16. The van der Waals surface area contributed by atoms with Crippen LogP contribution in [0.4, 0.5) is 0 Å². The third-order valence-electron chi connectivity index (χ3n) is 3.49. The molecule has 0 aliphatic heterocycles. The molecule has 0 radical (unpaired) electrons. The number of nitrogens with one attached hydrogen (secondary N) is 1. The van der Waals surface area contributed by atoms with Gasteiger partial charge in [0.15, 0.2) is 17.3 Å². The zero-order valence-electron chi connectivity index (χ0n) is 13.6. The standard InChI is InChI=1S/C15H17N5O3S/c1-9-17-18-15-20(9)19-14(24-15)13(21)16-7-6-10-4-5-11(22-2)12(8-10)23-3/h4-5,8H,6-7H2,1-3H3,(H,16,21). The Morgan fingerprint density at radius 1 is 1.25 bits per heavy atom. The average Bonchev–Trinajstić information content (AvgIpc) is 3.17. The van der Waals surface area contributed by atoms with E-state index in [1.165, 1.54) is 11.3 Å². The van der Waals surface area contributed by atoms with Crippen LogP contribution in [0.15, 0.2) is 18.2 Å². The molecule has 0 saturated heterocycles. The number of carbonyl (C=O) groups excluding carboxylic acids is 1. The first-order valence-electron chi connectivity index (χ1n) is 7.30. The maximum Gasteiger partial charge on any atom is 0.282 e. The molecule has 0 spiro atoms. The first kappa shape index (κ1) is 16.2. The predicted molar refractivity (Wildman–Crippen MR) is 89.0 cm³/mol. The Kier molecular flexibility index (Phi) is 4.61. The zero-order valence-corrected chi connectivity index (χ0v) is 14.4. The first-order chi connectivity index (χ1) is 11.6. The number of benzene rings is 1. The Bertz CT molecular complexity index is 873. The second-order valence-electron chi connectivity index (χ2n) is 5.04. The van der Waals surface area contributed by atoms with Gasteiger partial charge in [-0.25, -0.2) is 0 Å². The van der Waals surface area contributed by atoms with Crippen molar-refractivity contribution in [2.24, 2.45) is 0 Å². The van der Waals surface area contributed by atoms with Gasteiger partial charge in [0.1, 0.15) is 0 Å². The van der Waals surface area contributed by atoms with Crippen LogP contribution in [0.25, 0.3) is 4.96 Å². The second-order valence-corrected chi connectivity index (χ2v) is 6.00. The van der Waals surface area contributed by atoms with Gasteiger partial charge < -0.3 is 14.8 Å². The van der Waals surface area contributed by atoms with Crippen LogP contribution in [0.5, 0.6) is 11.5 Å². The number of amides is 1. The maximum atomic E-state index is 12.2. The Balaban J connectivity index is 1.60. The van der Waals surface area contributed by atoms with Crippen molar-refractivity contribution in [3.05, 3.63) is 34.6 Å². The van der Waals surface area contributed by atoms with E-state index < -0.39 is 0 Å². The van der Waals surface area contributed by atoms with Gasteiger partial charge in [0.25, 0.3) is 5.91 Å². The maximum absolute atomic E-state index is 12.2. The van der Waals surface area contributed by atoms with Crippen LogP contribution in [-0.2, 0) is 6.42 Å². The summed E-state index contributed by atoms with van der Waals surface area (Å²) in [5, 5.41) is 15.3. The number of hydrogen-bond acceptors (Lipinski definition) is 7. The van der Waals surface area contributed by atoms with Gasteiger partial charge in [-0.15, -0.1) is 15.3 Å². The SMILES string of the molecule is COc1ccc(CCNC(=O)c2nn3c(C)nnc3s2)cc1OC. The minimum absolute atomic E-state index is 0.217. The fourth-order valence-corrected chi connectivity index (χ4v) is 3.04. The third-order valence-corrected chi connectivity index (χ3v) is 4.39. The largest absolute Gasteiger partial charge is 0.493 e. The molecule has 9 heteroatoms. The Morgan fingerprint density at radius 3 is 2.75 bits per heavy atom. The van der Waals surface area contributed by atoms with Gasteiger partial charge in [0.2, 0.25) is 9.97 Å². The summed E-state index contributed by atoms with van der Waals surface area (Å²) in [6.45, 7) is 2.28. The van der Waals surface area contributed by atoms with Gasteiger partial charge in [0.05, 0.1) is 14.2 Å². The molecule has 0 bridgehead atoms. The molecule has 0 atom stereocenters. The Labute approximate surface area is 142 Å². The quantitative estimate of drug-likeness (QED) is 0.726. The van der Waals surface area contributed by atoms with Crippen molar-refractivity contribution in [1.82, 2.24) is 25.1 Å². The number of aryl methyl sites for hydroxylation is 1. The highest BCUT2D eigenvalue weighted by atomic mass is 32.1. The minimum atomic E-state index is -0.217. The predicted octanol–water partition coefficient (Wildman–Crippen LogP) is 1.48. The molecular formula is C15H17N5O3S. The van der Waals surface area contributed by atoms with Crippen molar-refractivity contribution in [2.75, 3.05) is 20.8 Å². The number of ether oxygens (including phenoxy) is 2. The molecule has 0 aliphatic rings. The van der Waals surface area contributed by atoms with Crippen molar-refractivity contribution < 1.29 is 14.3 Å². The van der Waals surface area contributed by atoms with Gasteiger partial charge >= 0.3 is 0 Å². The number of carbonyl (C=O) groups is 1. The van der Waals surface area contributed by atoms with Crippen LogP contribution in [0.2, 0.25) is 0 Å². The van der Waals surface area contributed by atoms with Crippen LogP contribution >= 0.6 is 11.3 Å². The fourth-order valence-electron chi connectivity index (χ4n) is 2.24.